The average Bonchev–Trinajstić information content (AvgIpc) is 2.40. The number of rotatable bonds is 8. The zero-order valence-corrected chi connectivity index (χ0v) is 12.6. The van der Waals surface area contributed by atoms with Crippen LogP contribution in [-0.4, -0.2) is 30.2 Å². The van der Waals surface area contributed by atoms with E-state index in [2.05, 4.69) is 6.58 Å². The van der Waals surface area contributed by atoms with Gasteiger partial charge in [-0.15, -0.1) is 0 Å². The number of primary amides is 1. The second kappa shape index (κ2) is 7.59. The van der Waals surface area contributed by atoms with Crippen LogP contribution in [0.1, 0.15) is 35.7 Å². The molecular formula is C16H23N3O2. The number of nitrogens with zero attached hydrogens (tertiary/aromatic N) is 1. The third-order valence-electron chi connectivity index (χ3n) is 3.55. The monoisotopic (exact) mass is 289 g/mol. The summed E-state index contributed by atoms with van der Waals surface area (Å²) in [6, 6.07) is 5.28. The molecule has 21 heavy (non-hydrogen) atoms. The molecule has 0 aliphatic heterocycles. The predicted molar refractivity (Wildman–Crippen MR) is 84.7 cm³/mol. The Morgan fingerprint density at radius 3 is 2.67 bits per heavy atom. The molecule has 0 heterocycles. The van der Waals surface area contributed by atoms with Crippen molar-refractivity contribution in [2.45, 2.75) is 32.4 Å². The third kappa shape index (κ3) is 4.72. The number of nitrogens with two attached hydrogens (primary N) is 2. The molecule has 1 unspecified atom stereocenters. The van der Waals surface area contributed by atoms with Gasteiger partial charge in [-0.05, 0) is 32.0 Å². The number of nitrogen functional groups attached to an aromatic ring is 1. The van der Waals surface area contributed by atoms with Gasteiger partial charge in [0.1, 0.15) is 6.29 Å². The lowest BCUT2D eigenvalue weighted by Crippen LogP contribution is -2.33. The summed E-state index contributed by atoms with van der Waals surface area (Å²) in [6.45, 7) is 6.39. The number of anilines is 1. The minimum atomic E-state index is -0.331. The molecule has 114 valence electrons. The van der Waals surface area contributed by atoms with Crippen molar-refractivity contribution < 1.29 is 9.59 Å². The van der Waals surface area contributed by atoms with E-state index in [0.29, 0.717) is 30.6 Å². The maximum atomic E-state index is 11.1. The van der Waals surface area contributed by atoms with Gasteiger partial charge in [-0.3, -0.25) is 14.5 Å². The van der Waals surface area contributed by atoms with E-state index in [0.717, 1.165) is 17.4 Å². The van der Waals surface area contributed by atoms with Gasteiger partial charge in [0.15, 0.2) is 0 Å². The van der Waals surface area contributed by atoms with E-state index in [-0.39, 0.29) is 11.9 Å². The van der Waals surface area contributed by atoms with Crippen LogP contribution in [0.25, 0.3) is 0 Å². The van der Waals surface area contributed by atoms with Crippen LogP contribution in [0, 0.1) is 0 Å². The van der Waals surface area contributed by atoms with E-state index >= 15 is 0 Å². The Kier molecular flexibility index (Phi) is 6.11. The van der Waals surface area contributed by atoms with Crippen LogP contribution < -0.4 is 11.5 Å². The molecule has 1 amide bonds. The van der Waals surface area contributed by atoms with E-state index in [4.69, 9.17) is 11.5 Å². The summed E-state index contributed by atoms with van der Waals surface area (Å²) in [6.07, 6.45) is 1.70. The number of likely N-dealkylation sites (N-methyl/N-ethyl adjacent to an activating group) is 1. The minimum Gasteiger partial charge on any atom is -0.398 e. The topological polar surface area (TPSA) is 89.4 Å². The highest BCUT2D eigenvalue weighted by molar-refractivity contribution is 5.80. The molecule has 0 radical (unpaired) electrons. The van der Waals surface area contributed by atoms with Crippen LogP contribution in [0.3, 0.4) is 0 Å². The van der Waals surface area contributed by atoms with Gasteiger partial charge >= 0.3 is 0 Å². The molecule has 5 heteroatoms. The van der Waals surface area contributed by atoms with E-state index in [1.165, 1.54) is 0 Å². The van der Waals surface area contributed by atoms with Gasteiger partial charge in [0.2, 0.25) is 5.91 Å². The van der Waals surface area contributed by atoms with E-state index in [1.807, 2.05) is 18.9 Å². The smallest absolute Gasteiger partial charge is 0.217 e. The number of aldehydes is 1. The molecule has 1 aromatic carbocycles. The van der Waals surface area contributed by atoms with Crippen LogP contribution in [0.2, 0.25) is 0 Å². The molecule has 0 saturated carbocycles. The number of benzene rings is 1. The molecule has 5 nitrogen and oxygen atoms in total. The molecule has 1 aromatic rings. The van der Waals surface area contributed by atoms with Gasteiger partial charge in [-0.25, -0.2) is 0 Å². The fourth-order valence-corrected chi connectivity index (χ4v) is 2.40. The lowest BCUT2D eigenvalue weighted by atomic mass is 10.0. The van der Waals surface area contributed by atoms with Crippen molar-refractivity contribution in [3.05, 3.63) is 41.5 Å². The quantitative estimate of drug-likeness (QED) is 0.433. The fourth-order valence-electron chi connectivity index (χ4n) is 2.40. The molecule has 1 atom stereocenters. The first-order valence-electron chi connectivity index (χ1n) is 6.83. The third-order valence-corrected chi connectivity index (χ3v) is 3.55. The number of amides is 1. The summed E-state index contributed by atoms with van der Waals surface area (Å²) in [5, 5.41) is 0. The summed E-state index contributed by atoms with van der Waals surface area (Å²) in [7, 11) is 1.92. The van der Waals surface area contributed by atoms with Gasteiger partial charge in [-0.2, -0.15) is 0 Å². The van der Waals surface area contributed by atoms with Gasteiger partial charge in [-0.1, -0.05) is 24.3 Å². The molecule has 0 fully saturated rings. The molecule has 0 spiro atoms. The maximum absolute atomic E-state index is 11.1. The van der Waals surface area contributed by atoms with Crippen molar-refractivity contribution in [1.82, 2.24) is 4.90 Å². The second-order valence-corrected chi connectivity index (χ2v) is 5.32. The van der Waals surface area contributed by atoms with Crippen LogP contribution in [0.5, 0.6) is 0 Å². The van der Waals surface area contributed by atoms with Crippen LogP contribution in [0.15, 0.2) is 30.4 Å². The number of carbonyl (C=O) groups excluding carboxylic acids is 2. The largest absolute Gasteiger partial charge is 0.398 e. The first kappa shape index (κ1) is 16.9. The van der Waals surface area contributed by atoms with Crippen LogP contribution >= 0.6 is 0 Å². The number of hydrogen-bond acceptors (Lipinski definition) is 4. The molecule has 1 rings (SSSR count). The summed E-state index contributed by atoms with van der Waals surface area (Å²) in [5.74, 6) is -0.331. The van der Waals surface area contributed by atoms with Crippen molar-refractivity contribution in [3.8, 4) is 0 Å². The lowest BCUT2D eigenvalue weighted by Gasteiger charge is -2.29. The number of carbonyl (C=O) groups is 2. The molecule has 0 saturated heterocycles. The molecule has 0 aromatic heterocycles. The van der Waals surface area contributed by atoms with E-state index in [1.54, 1.807) is 18.2 Å². The standard InChI is InChI=1S/C16H23N3O2/c1-11(2)15(7-8-16(18)21)19(3)9-13-12(10-20)5-4-6-14(13)17/h4-6,10,15H,1,7-9,17H2,2-3H3,(H2,18,21). The summed E-state index contributed by atoms with van der Waals surface area (Å²) < 4.78 is 0. The van der Waals surface area contributed by atoms with Crippen molar-refractivity contribution in [3.63, 3.8) is 0 Å². The SMILES string of the molecule is C=C(C)C(CCC(N)=O)N(C)Cc1c(N)cccc1C=O. The first-order chi connectivity index (χ1) is 9.86. The summed E-state index contributed by atoms with van der Waals surface area (Å²) >= 11 is 0. The molecule has 0 bridgehead atoms. The zero-order chi connectivity index (χ0) is 16.0. The van der Waals surface area contributed by atoms with E-state index in [9.17, 15) is 9.59 Å². The second-order valence-electron chi connectivity index (χ2n) is 5.32. The van der Waals surface area contributed by atoms with Crippen LogP contribution in [0.4, 0.5) is 5.69 Å². The van der Waals surface area contributed by atoms with Gasteiger partial charge < -0.3 is 11.5 Å². The van der Waals surface area contributed by atoms with Gasteiger partial charge in [0.25, 0.3) is 0 Å². The summed E-state index contributed by atoms with van der Waals surface area (Å²) in [4.78, 5) is 24.1. The van der Waals surface area contributed by atoms with Crippen molar-refractivity contribution in [1.29, 1.82) is 0 Å². The molecule has 0 aliphatic carbocycles. The Hall–Kier alpha value is -2.14. The first-order valence-corrected chi connectivity index (χ1v) is 6.83. The van der Waals surface area contributed by atoms with Gasteiger partial charge in [0.05, 0.1) is 0 Å². The highest BCUT2D eigenvalue weighted by atomic mass is 16.1. The van der Waals surface area contributed by atoms with Gasteiger partial charge in [0, 0.05) is 30.3 Å². The van der Waals surface area contributed by atoms with E-state index < -0.39 is 0 Å². The molecular weight excluding hydrogens is 266 g/mol. The zero-order valence-electron chi connectivity index (χ0n) is 12.6. The predicted octanol–water partition coefficient (Wildman–Crippen LogP) is 1.72. The van der Waals surface area contributed by atoms with Crippen LogP contribution in [-0.2, 0) is 11.3 Å². The highest BCUT2D eigenvalue weighted by Gasteiger charge is 2.18. The molecule has 0 aliphatic rings. The van der Waals surface area contributed by atoms with Crippen molar-refractivity contribution in [2.75, 3.05) is 12.8 Å². The minimum absolute atomic E-state index is 0.0107. The average molecular weight is 289 g/mol. The lowest BCUT2D eigenvalue weighted by molar-refractivity contribution is -0.118. The Bertz CT molecular complexity index is 540. The molecule has 4 N–H and O–H groups in total. The highest BCUT2D eigenvalue weighted by Crippen LogP contribution is 2.21. The summed E-state index contributed by atoms with van der Waals surface area (Å²) in [5.41, 5.74) is 14.1. The number of hydrogen-bond donors (Lipinski definition) is 2. The Morgan fingerprint density at radius 1 is 1.48 bits per heavy atom. The Labute approximate surface area is 125 Å². The Morgan fingerprint density at radius 2 is 2.14 bits per heavy atom. The van der Waals surface area contributed by atoms with Crippen molar-refractivity contribution >= 4 is 17.9 Å². The fraction of sp³-hybridized carbons (Fsp3) is 0.375. The Balaban J connectivity index is 2.91. The normalized spacial score (nSPS) is 12.1. The van der Waals surface area contributed by atoms with Crippen molar-refractivity contribution in [2.24, 2.45) is 5.73 Å². The maximum Gasteiger partial charge on any atom is 0.217 e.